The van der Waals surface area contributed by atoms with Crippen LogP contribution in [0.4, 0.5) is 0 Å². The fourth-order valence-electron chi connectivity index (χ4n) is 1.54. The molecular formula is C11H13N3OS. The second-order valence-electron chi connectivity index (χ2n) is 4.06. The third kappa shape index (κ3) is 2.31. The molecule has 0 unspecified atom stereocenters. The van der Waals surface area contributed by atoms with E-state index in [0.29, 0.717) is 18.3 Å². The summed E-state index contributed by atoms with van der Waals surface area (Å²) in [5.74, 6) is 2.24. The molecule has 0 aromatic carbocycles. The highest BCUT2D eigenvalue weighted by atomic mass is 32.1. The summed E-state index contributed by atoms with van der Waals surface area (Å²) in [6, 6.07) is 3.98. The van der Waals surface area contributed by atoms with Gasteiger partial charge < -0.3 is 9.84 Å². The van der Waals surface area contributed by atoms with Crippen LogP contribution >= 0.6 is 11.3 Å². The minimum Gasteiger partial charge on any atom is -0.338 e. The van der Waals surface area contributed by atoms with Gasteiger partial charge in [-0.3, -0.25) is 0 Å². The molecule has 1 aliphatic carbocycles. The molecule has 1 fully saturated rings. The Kier molecular flexibility index (Phi) is 2.71. The smallest absolute Gasteiger partial charge is 0.240 e. The molecule has 0 bridgehead atoms. The van der Waals surface area contributed by atoms with Gasteiger partial charge in [-0.05, 0) is 36.8 Å². The monoisotopic (exact) mass is 235 g/mol. The van der Waals surface area contributed by atoms with E-state index in [1.165, 1.54) is 12.8 Å². The first-order chi connectivity index (χ1) is 7.92. The summed E-state index contributed by atoms with van der Waals surface area (Å²) >= 11 is 1.62. The second kappa shape index (κ2) is 4.35. The molecule has 0 spiro atoms. The van der Waals surface area contributed by atoms with Gasteiger partial charge in [0.1, 0.15) is 0 Å². The lowest BCUT2D eigenvalue weighted by molar-refractivity contribution is 0.367. The Balaban J connectivity index is 1.59. The molecule has 0 saturated heterocycles. The largest absolute Gasteiger partial charge is 0.338 e. The van der Waals surface area contributed by atoms with Crippen molar-refractivity contribution < 1.29 is 4.52 Å². The molecule has 0 aliphatic heterocycles. The van der Waals surface area contributed by atoms with Gasteiger partial charge in [-0.15, -0.1) is 11.3 Å². The van der Waals surface area contributed by atoms with Crippen molar-refractivity contribution in [2.45, 2.75) is 19.4 Å². The Bertz CT molecular complexity index is 448. The van der Waals surface area contributed by atoms with Crippen LogP contribution in [0.1, 0.15) is 18.7 Å². The first-order valence-electron chi connectivity index (χ1n) is 5.49. The highest BCUT2D eigenvalue weighted by Gasteiger charge is 2.20. The van der Waals surface area contributed by atoms with E-state index >= 15 is 0 Å². The Labute approximate surface area is 97.7 Å². The molecule has 5 heteroatoms. The lowest BCUT2D eigenvalue weighted by Gasteiger charge is -1.96. The molecule has 2 heterocycles. The third-order valence-electron chi connectivity index (χ3n) is 2.62. The van der Waals surface area contributed by atoms with Gasteiger partial charge >= 0.3 is 0 Å². The summed E-state index contributed by atoms with van der Waals surface area (Å²) in [6.07, 6.45) is 2.72. The second-order valence-corrected chi connectivity index (χ2v) is 5.01. The summed E-state index contributed by atoms with van der Waals surface area (Å²) in [7, 11) is 0. The lowest BCUT2D eigenvalue weighted by atomic mass is 10.4. The predicted octanol–water partition coefficient (Wildman–Crippen LogP) is 2.30. The van der Waals surface area contributed by atoms with E-state index < -0.39 is 0 Å². The van der Waals surface area contributed by atoms with E-state index in [1.54, 1.807) is 11.3 Å². The summed E-state index contributed by atoms with van der Waals surface area (Å²) in [5.41, 5.74) is 0. The Morgan fingerprint density at radius 2 is 2.44 bits per heavy atom. The molecule has 1 aliphatic rings. The van der Waals surface area contributed by atoms with Crippen LogP contribution in [0, 0.1) is 5.92 Å². The summed E-state index contributed by atoms with van der Waals surface area (Å²) < 4.78 is 5.17. The zero-order chi connectivity index (χ0) is 10.8. The van der Waals surface area contributed by atoms with E-state index in [0.717, 1.165) is 17.3 Å². The minimum atomic E-state index is 0.670. The third-order valence-corrected chi connectivity index (χ3v) is 3.48. The fourth-order valence-corrected chi connectivity index (χ4v) is 2.19. The first kappa shape index (κ1) is 9.99. The molecule has 0 amide bonds. The molecule has 1 saturated carbocycles. The lowest BCUT2D eigenvalue weighted by Crippen LogP contribution is -2.16. The standard InChI is InChI=1S/C11H13N3OS/c1-2-9(16-5-1)11-13-10(15-14-11)7-12-6-8-3-4-8/h1-2,5,8,12H,3-4,6-7H2. The van der Waals surface area contributed by atoms with Crippen LogP contribution in [0.2, 0.25) is 0 Å². The molecule has 2 aromatic rings. The fraction of sp³-hybridized carbons (Fsp3) is 0.455. The maximum Gasteiger partial charge on any atom is 0.240 e. The van der Waals surface area contributed by atoms with Gasteiger partial charge in [-0.2, -0.15) is 4.98 Å². The van der Waals surface area contributed by atoms with E-state index in [4.69, 9.17) is 4.52 Å². The van der Waals surface area contributed by atoms with Crippen LogP contribution in [-0.4, -0.2) is 16.7 Å². The quantitative estimate of drug-likeness (QED) is 0.864. The zero-order valence-electron chi connectivity index (χ0n) is 8.85. The van der Waals surface area contributed by atoms with Crippen molar-refractivity contribution in [2.75, 3.05) is 6.54 Å². The summed E-state index contributed by atoms with van der Waals surface area (Å²) in [5, 5.41) is 9.30. The van der Waals surface area contributed by atoms with Crippen LogP contribution in [-0.2, 0) is 6.54 Å². The number of hydrogen-bond donors (Lipinski definition) is 1. The highest BCUT2D eigenvalue weighted by Crippen LogP contribution is 2.27. The topological polar surface area (TPSA) is 51.0 Å². The number of nitrogens with zero attached hydrogens (tertiary/aromatic N) is 2. The molecule has 3 rings (SSSR count). The molecule has 1 N–H and O–H groups in total. The van der Waals surface area contributed by atoms with E-state index in [1.807, 2.05) is 17.5 Å². The van der Waals surface area contributed by atoms with E-state index in [9.17, 15) is 0 Å². The molecule has 0 radical (unpaired) electrons. The van der Waals surface area contributed by atoms with Gasteiger partial charge in [0.15, 0.2) is 0 Å². The van der Waals surface area contributed by atoms with Crippen LogP contribution in [0.5, 0.6) is 0 Å². The van der Waals surface area contributed by atoms with Gasteiger partial charge in [-0.1, -0.05) is 11.2 Å². The molecule has 0 atom stereocenters. The predicted molar refractivity (Wildman–Crippen MR) is 62.0 cm³/mol. The Morgan fingerprint density at radius 3 is 3.19 bits per heavy atom. The normalized spacial score (nSPS) is 15.5. The molecule has 4 nitrogen and oxygen atoms in total. The van der Waals surface area contributed by atoms with Crippen molar-refractivity contribution >= 4 is 11.3 Å². The Morgan fingerprint density at radius 1 is 1.50 bits per heavy atom. The number of rotatable bonds is 5. The van der Waals surface area contributed by atoms with Crippen molar-refractivity contribution in [3.05, 3.63) is 23.4 Å². The molecule has 2 aromatic heterocycles. The van der Waals surface area contributed by atoms with Gasteiger partial charge in [0, 0.05) is 0 Å². The maximum absolute atomic E-state index is 5.17. The molecule has 84 valence electrons. The molecular weight excluding hydrogens is 222 g/mol. The first-order valence-corrected chi connectivity index (χ1v) is 6.37. The van der Waals surface area contributed by atoms with Gasteiger partial charge in [0.2, 0.25) is 11.7 Å². The Hall–Kier alpha value is -1.20. The van der Waals surface area contributed by atoms with Gasteiger partial charge in [-0.25, -0.2) is 0 Å². The number of nitrogens with one attached hydrogen (secondary N) is 1. The van der Waals surface area contributed by atoms with Crippen molar-refractivity contribution in [3.63, 3.8) is 0 Å². The average Bonchev–Trinajstić information content (AvgIpc) is 2.83. The van der Waals surface area contributed by atoms with Crippen LogP contribution in [0.3, 0.4) is 0 Å². The van der Waals surface area contributed by atoms with Crippen molar-refractivity contribution in [3.8, 4) is 10.7 Å². The van der Waals surface area contributed by atoms with Gasteiger partial charge in [0.05, 0.1) is 11.4 Å². The van der Waals surface area contributed by atoms with Crippen molar-refractivity contribution in [1.82, 2.24) is 15.5 Å². The maximum atomic E-state index is 5.17. The van der Waals surface area contributed by atoms with E-state index in [-0.39, 0.29) is 0 Å². The van der Waals surface area contributed by atoms with Gasteiger partial charge in [0.25, 0.3) is 0 Å². The van der Waals surface area contributed by atoms with Crippen LogP contribution in [0.15, 0.2) is 22.0 Å². The molecule has 16 heavy (non-hydrogen) atoms. The number of hydrogen-bond acceptors (Lipinski definition) is 5. The van der Waals surface area contributed by atoms with Crippen molar-refractivity contribution in [1.29, 1.82) is 0 Å². The van der Waals surface area contributed by atoms with Crippen LogP contribution < -0.4 is 5.32 Å². The van der Waals surface area contributed by atoms with Crippen LogP contribution in [0.25, 0.3) is 10.7 Å². The highest BCUT2D eigenvalue weighted by molar-refractivity contribution is 7.13. The van der Waals surface area contributed by atoms with E-state index in [2.05, 4.69) is 15.5 Å². The number of thiophene rings is 1. The summed E-state index contributed by atoms with van der Waals surface area (Å²) in [4.78, 5) is 5.39. The average molecular weight is 235 g/mol. The zero-order valence-corrected chi connectivity index (χ0v) is 9.67. The summed E-state index contributed by atoms with van der Waals surface area (Å²) in [6.45, 7) is 1.74. The SMILES string of the molecule is c1csc(-c2noc(CNCC3CC3)n2)c1. The minimum absolute atomic E-state index is 0.670. The number of aromatic nitrogens is 2. The van der Waals surface area contributed by atoms with Crippen molar-refractivity contribution in [2.24, 2.45) is 5.92 Å².